The van der Waals surface area contributed by atoms with Crippen molar-refractivity contribution in [3.63, 3.8) is 0 Å². The second-order valence-corrected chi connectivity index (χ2v) is 9.20. The van der Waals surface area contributed by atoms with Crippen molar-refractivity contribution in [2.75, 3.05) is 13.7 Å². The lowest BCUT2D eigenvalue weighted by Crippen LogP contribution is -2.39. The van der Waals surface area contributed by atoms with Gasteiger partial charge in [-0.05, 0) is 81.0 Å². The van der Waals surface area contributed by atoms with Gasteiger partial charge in [0.15, 0.2) is 0 Å². The van der Waals surface area contributed by atoms with Crippen LogP contribution in [0.2, 0.25) is 0 Å². The van der Waals surface area contributed by atoms with E-state index in [0.29, 0.717) is 29.3 Å². The molecule has 3 nitrogen and oxygen atoms in total. The number of aliphatic hydroxyl groups excluding tert-OH is 2. The molecule has 0 heterocycles. The highest BCUT2D eigenvalue weighted by atomic mass is 16.5. The summed E-state index contributed by atoms with van der Waals surface area (Å²) in [5.41, 5.74) is 0.409. The minimum absolute atomic E-state index is 0.139. The van der Waals surface area contributed by atoms with Crippen LogP contribution in [0.25, 0.3) is 0 Å². The van der Waals surface area contributed by atoms with Crippen LogP contribution in [0, 0.1) is 23.2 Å². The summed E-state index contributed by atoms with van der Waals surface area (Å²) in [5.74, 6) is 1.68. The van der Waals surface area contributed by atoms with Gasteiger partial charge in [-0.25, -0.2) is 0 Å². The first-order valence-corrected chi connectivity index (χ1v) is 11.0. The standard InChI is InChI=1S/C23H42O3/c1-18-17-21(25)20(11-7-5-4-6-8-16-24)19(18)12-9-13-22(26-3)23(2)14-10-15-23/h5,7,18-22,24-25H,4,6,8-17H2,1-3H3/b7-5-/t18-,19+,20-,21?,22?/m1/s1. The van der Waals surface area contributed by atoms with E-state index in [1.165, 1.54) is 32.1 Å². The number of ether oxygens (including phenoxy) is 1. The van der Waals surface area contributed by atoms with Gasteiger partial charge in [-0.1, -0.05) is 38.8 Å². The Bertz CT molecular complexity index is 416. The van der Waals surface area contributed by atoms with Crippen LogP contribution in [-0.2, 0) is 4.74 Å². The number of unbranched alkanes of at least 4 members (excludes halogenated alkanes) is 2. The Kier molecular flexibility index (Phi) is 9.12. The van der Waals surface area contributed by atoms with E-state index in [1.807, 2.05) is 7.11 Å². The SMILES string of the molecule is COC(CCC[C@H]1[C@H](C)CC(O)[C@@H]1C/C=C\CCCCO)C1(C)CCC1. The first kappa shape index (κ1) is 21.9. The number of hydrogen-bond donors (Lipinski definition) is 2. The Morgan fingerprint density at radius 3 is 2.54 bits per heavy atom. The summed E-state index contributed by atoms with van der Waals surface area (Å²) < 4.78 is 5.83. The average molecular weight is 367 g/mol. The predicted octanol–water partition coefficient (Wildman–Crippen LogP) is 5.10. The van der Waals surface area contributed by atoms with Gasteiger partial charge in [-0.3, -0.25) is 0 Å². The van der Waals surface area contributed by atoms with Crippen molar-refractivity contribution in [3.05, 3.63) is 12.2 Å². The lowest BCUT2D eigenvalue weighted by molar-refractivity contribution is -0.0549. The van der Waals surface area contributed by atoms with Gasteiger partial charge in [0.1, 0.15) is 0 Å². The molecule has 2 unspecified atom stereocenters. The number of aliphatic hydroxyl groups is 2. The quantitative estimate of drug-likeness (QED) is 0.373. The van der Waals surface area contributed by atoms with Gasteiger partial charge >= 0.3 is 0 Å². The monoisotopic (exact) mass is 366 g/mol. The molecule has 0 aliphatic heterocycles. The summed E-state index contributed by atoms with van der Waals surface area (Å²) in [5, 5.41) is 19.3. The van der Waals surface area contributed by atoms with Crippen LogP contribution in [0.15, 0.2) is 12.2 Å². The van der Waals surface area contributed by atoms with Crippen LogP contribution in [-0.4, -0.2) is 36.1 Å². The molecule has 2 aliphatic rings. The van der Waals surface area contributed by atoms with E-state index in [-0.39, 0.29) is 12.7 Å². The average Bonchev–Trinajstić information content (AvgIpc) is 2.86. The summed E-state index contributed by atoms with van der Waals surface area (Å²) in [6.45, 7) is 4.99. The van der Waals surface area contributed by atoms with Crippen LogP contribution in [0.3, 0.4) is 0 Å². The van der Waals surface area contributed by atoms with Crippen LogP contribution in [0.1, 0.15) is 84.5 Å². The number of hydrogen-bond acceptors (Lipinski definition) is 3. The van der Waals surface area contributed by atoms with Crippen LogP contribution in [0.5, 0.6) is 0 Å². The minimum Gasteiger partial charge on any atom is -0.396 e. The van der Waals surface area contributed by atoms with Crippen molar-refractivity contribution in [2.24, 2.45) is 23.2 Å². The highest BCUT2D eigenvalue weighted by molar-refractivity contribution is 4.95. The fourth-order valence-electron chi connectivity index (χ4n) is 5.36. The van der Waals surface area contributed by atoms with Gasteiger partial charge in [0.2, 0.25) is 0 Å². The number of rotatable bonds is 12. The molecule has 0 aromatic heterocycles. The third kappa shape index (κ3) is 5.81. The Morgan fingerprint density at radius 1 is 1.15 bits per heavy atom. The second-order valence-electron chi connectivity index (χ2n) is 9.20. The van der Waals surface area contributed by atoms with E-state index in [4.69, 9.17) is 9.84 Å². The van der Waals surface area contributed by atoms with Crippen molar-refractivity contribution in [3.8, 4) is 0 Å². The number of methoxy groups -OCH3 is 1. The fourth-order valence-corrected chi connectivity index (χ4v) is 5.36. The lowest BCUT2D eigenvalue weighted by Gasteiger charge is -2.44. The molecule has 26 heavy (non-hydrogen) atoms. The molecule has 0 amide bonds. The highest BCUT2D eigenvalue weighted by Crippen LogP contribution is 2.47. The minimum atomic E-state index is -0.139. The van der Waals surface area contributed by atoms with Gasteiger partial charge in [-0.2, -0.15) is 0 Å². The molecule has 2 rings (SSSR count). The van der Waals surface area contributed by atoms with Crippen molar-refractivity contribution >= 4 is 0 Å². The Labute approximate surface area is 161 Å². The van der Waals surface area contributed by atoms with Crippen molar-refractivity contribution in [1.82, 2.24) is 0 Å². The second kappa shape index (κ2) is 10.8. The molecule has 2 saturated carbocycles. The Balaban J connectivity index is 1.77. The molecular formula is C23H42O3. The van der Waals surface area contributed by atoms with E-state index >= 15 is 0 Å². The summed E-state index contributed by atoms with van der Waals surface area (Å²) in [6.07, 6.45) is 17.3. The molecule has 0 bridgehead atoms. The van der Waals surface area contributed by atoms with E-state index in [0.717, 1.165) is 38.5 Å². The first-order chi connectivity index (χ1) is 12.5. The Hall–Kier alpha value is -0.380. The smallest absolute Gasteiger partial charge is 0.0624 e. The van der Waals surface area contributed by atoms with Crippen molar-refractivity contribution < 1.29 is 14.9 Å². The van der Waals surface area contributed by atoms with Gasteiger partial charge in [0.05, 0.1) is 12.2 Å². The van der Waals surface area contributed by atoms with Crippen LogP contribution in [0.4, 0.5) is 0 Å². The summed E-state index contributed by atoms with van der Waals surface area (Å²) >= 11 is 0. The van der Waals surface area contributed by atoms with E-state index in [9.17, 15) is 5.11 Å². The zero-order valence-corrected chi connectivity index (χ0v) is 17.3. The highest BCUT2D eigenvalue weighted by Gasteiger charge is 2.41. The van der Waals surface area contributed by atoms with Crippen LogP contribution < -0.4 is 0 Å². The molecule has 2 fully saturated rings. The molecule has 0 spiro atoms. The Morgan fingerprint density at radius 2 is 1.92 bits per heavy atom. The van der Waals surface area contributed by atoms with E-state index in [1.54, 1.807) is 0 Å². The molecule has 152 valence electrons. The third-order valence-corrected chi connectivity index (χ3v) is 7.30. The normalized spacial score (nSPS) is 32.0. The van der Waals surface area contributed by atoms with E-state index in [2.05, 4.69) is 26.0 Å². The molecule has 5 atom stereocenters. The molecule has 2 N–H and O–H groups in total. The molecule has 0 aromatic rings. The molecule has 3 heteroatoms. The van der Waals surface area contributed by atoms with Gasteiger partial charge in [-0.15, -0.1) is 0 Å². The van der Waals surface area contributed by atoms with Crippen molar-refractivity contribution in [1.29, 1.82) is 0 Å². The predicted molar refractivity (Wildman–Crippen MR) is 108 cm³/mol. The largest absolute Gasteiger partial charge is 0.396 e. The molecule has 0 aromatic carbocycles. The summed E-state index contributed by atoms with van der Waals surface area (Å²) in [4.78, 5) is 0. The van der Waals surface area contributed by atoms with Gasteiger partial charge in [0.25, 0.3) is 0 Å². The maximum Gasteiger partial charge on any atom is 0.0624 e. The maximum atomic E-state index is 10.5. The zero-order chi connectivity index (χ0) is 19.0. The van der Waals surface area contributed by atoms with Gasteiger partial charge in [0, 0.05) is 13.7 Å². The zero-order valence-electron chi connectivity index (χ0n) is 17.3. The third-order valence-electron chi connectivity index (χ3n) is 7.30. The fraction of sp³-hybridized carbons (Fsp3) is 0.913. The molecule has 0 radical (unpaired) electrons. The van der Waals surface area contributed by atoms with Gasteiger partial charge < -0.3 is 14.9 Å². The maximum absolute atomic E-state index is 10.5. The molecular weight excluding hydrogens is 324 g/mol. The van der Waals surface area contributed by atoms with Crippen LogP contribution >= 0.6 is 0 Å². The molecule has 2 aliphatic carbocycles. The molecule has 0 saturated heterocycles. The first-order valence-electron chi connectivity index (χ1n) is 11.0. The lowest BCUT2D eigenvalue weighted by atomic mass is 9.65. The summed E-state index contributed by atoms with van der Waals surface area (Å²) in [7, 11) is 1.88. The summed E-state index contributed by atoms with van der Waals surface area (Å²) in [6, 6.07) is 0. The van der Waals surface area contributed by atoms with E-state index < -0.39 is 0 Å². The topological polar surface area (TPSA) is 49.7 Å². The van der Waals surface area contributed by atoms with Crippen molar-refractivity contribution in [2.45, 2.75) is 96.7 Å². The number of allylic oxidation sites excluding steroid dienone is 2.